The summed E-state index contributed by atoms with van der Waals surface area (Å²) in [5.74, 6) is -0.0598. The summed E-state index contributed by atoms with van der Waals surface area (Å²) in [7, 11) is -14.2. The zero-order chi connectivity index (χ0) is 22.1. The molecule has 0 radical (unpaired) electrons. The lowest BCUT2D eigenvalue weighted by Gasteiger charge is -2.02. The van der Waals surface area contributed by atoms with E-state index in [1.165, 1.54) is 6.07 Å². The van der Waals surface area contributed by atoms with Crippen molar-refractivity contribution in [2.24, 2.45) is 0 Å². The lowest BCUT2D eigenvalue weighted by Crippen LogP contribution is -2.04. The van der Waals surface area contributed by atoms with Crippen molar-refractivity contribution in [1.29, 1.82) is 0 Å². The normalized spacial score (nSPS) is 13.3. The lowest BCUT2D eigenvalue weighted by atomic mass is 10.3. The quantitative estimate of drug-likeness (QED) is 0.261. The first-order valence-corrected chi connectivity index (χ1v) is 12.0. The Labute approximate surface area is 168 Å². The number of aromatic nitrogens is 4. The Bertz CT molecular complexity index is 1670. The molecule has 0 aliphatic heterocycles. The van der Waals surface area contributed by atoms with Crippen LogP contribution >= 0.6 is 0 Å². The molecule has 4 aromatic rings. The van der Waals surface area contributed by atoms with Gasteiger partial charge in [-0.05, 0) is 30.3 Å². The maximum Gasteiger partial charge on any atom is 0.296 e. The van der Waals surface area contributed by atoms with Crippen molar-refractivity contribution in [3.05, 3.63) is 30.3 Å². The molecule has 5 N–H and O–H groups in total. The molecule has 13 nitrogen and oxygen atoms in total. The van der Waals surface area contributed by atoms with Crippen molar-refractivity contribution >= 4 is 52.4 Å². The molecule has 0 spiro atoms. The Balaban J connectivity index is 1.96. The SMILES string of the molecule is O=S(=O)(O)c1ccc2nc(-c3nc4c(S(=O)(=O)O)cc(S(=O)(=O)O)cc4[nH]3)[nH]c2c1. The van der Waals surface area contributed by atoms with Crippen LogP contribution in [0.25, 0.3) is 33.7 Å². The van der Waals surface area contributed by atoms with Gasteiger partial charge in [0.1, 0.15) is 10.4 Å². The number of nitrogens with one attached hydrogen (secondary N) is 2. The number of nitrogens with zero attached hydrogens (tertiary/aromatic N) is 2. The average molecular weight is 474 g/mol. The van der Waals surface area contributed by atoms with E-state index in [0.29, 0.717) is 6.07 Å². The van der Waals surface area contributed by atoms with E-state index in [2.05, 4.69) is 19.9 Å². The minimum atomic E-state index is -4.91. The number of rotatable bonds is 4. The second kappa shape index (κ2) is 6.30. The zero-order valence-corrected chi connectivity index (χ0v) is 16.7. The molecular formula is C14H10N4O9S3. The summed E-state index contributed by atoms with van der Waals surface area (Å²) in [4.78, 5) is 11.5. The fourth-order valence-corrected chi connectivity index (χ4v) is 4.57. The second-order valence-electron chi connectivity index (χ2n) is 6.09. The predicted molar refractivity (Wildman–Crippen MR) is 101 cm³/mol. The van der Waals surface area contributed by atoms with Gasteiger partial charge in [-0.15, -0.1) is 0 Å². The maximum atomic E-state index is 11.7. The number of hydrogen-bond donors (Lipinski definition) is 5. The lowest BCUT2D eigenvalue weighted by molar-refractivity contribution is 0.479. The van der Waals surface area contributed by atoms with Crippen LogP contribution in [0.4, 0.5) is 0 Å². The highest BCUT2D eigenvalue weighted by molar-refractivity contribution is 7.87. The van der Waals surface area contributed by atoms with Gasteiger partial charge < -0.3 is 9.97 Å². The number of benzene rings is 2. The predicted octanol–water partition coefficient (Wildman–Crippen LogP) is 0.846. The van der Waals surface area contributed by atoms with E-state index in [4.69, 9.17) is 4.55 Å². The van der Waals surface area contributed by atoms with Crippen LogP contribution in [0.15, 0.2) is 45.0 Å². The number of fused-ring (bicyclic) bond motifs is 2. The Morgan fingerprint density at radius 1 is 0.667 bits per heavy atom. The third-order valence-corrected chi connectivity index (χ3v) is 6.62. The molecule has 0 aliphatic rings. The van der Waals surface area contributed by atoms with Crippen molar-refractivity contribution in [3.63, 3.8) is 0 Å². The largest absolute Gasteiger partial charge is 0.335 e. The zero-order valence-electron chi connectivity index (χ0n) is 14.3. The molecule has 0 fully saturated rings. The molecule has 0 atom stereocenters. The van der Waals surface area contributed by atoms with Gasteiger partial charge in [-0.3, -0.25) is 13.7 Å². The highest BCUT2D eigenvalue weighted by Gasteiger charge is 2.24. The molecule has 0 saturated carbocycles. The van der Waals surface area contributed by atoms with Crippen molar-refractivity contribution < 1.29 is 38.9 Å². The Hall–Kier alpha value is -2.89. The fourth-order valence-electron chi connectivity index (χ4n) is 2.78. The van der Waals surface area contributed by atoms with Crippen LogP contribution in [0.3, 0.4) is 0 Å². The van der Waals surface area contributed by atoms with Gasteiger partial charge >= 0.3 is 0 Å². The minimum absolute atomic E-state index is 0.0170. The number of H-pyrrole nitrogens is 2. The summed E-state index contributed by atoms with van der Waals surface area (Å²) in [5, 5.41) is 0. The highest BCUT2D eigenvalue weighted by Crippen LogP contribution is 2.29. The van der Waals surface area contributed by atoms with Crippen LogP contribution in [0, 0.1) is 0 Å². The van der Waals surface area contributed by atoms with Gasteiger partial charge in [-0.2, -0.15) is 25.3 Å². The van der Waals surface area contributed by atoms with Gasteiger partial charge in [0.2, 0.25) is 0 Å². The van der Waals surface area contributed by atoms with E-state index in [1.807, 2.05) is 0 Å². The van der Waals surface area contributed by atoms with Gasteiger partial charge in [-0.1, -0.05) is 0 Å². The van der Waals surface area contributed by atoms with Gasteiger partial charge in [0.25, 0.3) is 30.4 Å². The third-order valence-electron chi connectivity index (χ3n) is 4.08. The molecular weight excluding hydrogens is 464 g/mol. The Morgan fingerprint density at radius 3 is 1.83 bits per heavy atom. The molecule has 0 aliphatic carbocycles. The third kappa shape index (κ3) is 3.55. The van der Waals surface area contributed by atoms with Gasteiger partial charge in [-0.25, -0.2) is 9.97 Å². The number of aromatic amines is 2. The molecule has 0 bridgehead atoms. The van der Waals surface area contributed by atoms with Crippen molar-refractivity contribution in [3.8, 4) is 11.6 Å². The summed E-state index contributed by atoms with van der Waals surface area (Å²) in [6.07, 6.45) is 0. The smallest absolute Gasteiger partial charge is 0.296 e. The van der Waals surface area contributed by atoms with Crippen molar-refractivity contribution in [2.75, 3.05) is 0 Å². The summed E-state index contributed by atoms with van der Waals surface area (Å²) < 4.78 is 96.5. The molecule has 16 heteroatoms. The maximum absolute atomic E-state index is 11.7. The van der Waals surface area contributed by atoms with Crippen molar-refractivity contribution in [1.82, 2.24) is 19.9 Å². The summed E-state index contributed by atoms with van der Waals surface area (Å²) in [5.41, 5.74) is 0.0199. The first-order chi connectivity index (χ1) is 13.7. The van der Waals surface area contributed by atoms with E-state index < -0.39 is 40.1 Å². The van der Waals surface area contributed by atoms with Gasteiger partial charge in [0.15, 0.2) is 11.6 Å². The van der Waals surface area contributed by atoms with Crippen LogP contribution in [-0.2, 0) is 30.4 Å². The average Bonchev–Trinajstić information content (AvgIpc) is 3.21. The molecule has 4 rings (SSSR count). The number of imidazole rings is 2. The second-order valence-corrected chi connectivity index (χ2v) is 10.3. The summed E-state index contributed by atoms with van der Waals surface area (Å²) in [6, 6.07) is 5.00. The van der Waals surface area contributed by atoms with E-state index in [9.17, 15) is 34.4 Å². The molecule has 2 heterocycles. The molecule has 30 heavy (non-hydrogen) atoms. The number of hydrogen-bond acceptors (Lipinski definition) is 8. The molecule has 0 unspecified atom stereocenters. The van der Waals surface area contributed by atoms with E-state index in [-0.39, 0.29) is 38.6 Å². The van der Waals surface area contributed by atoms with Crippen LogP contribution < -0.4 is 0 Å². The molecule has 158 valence electrons. The monoisotopic (exact) mass is 474 g/mol. The standard InChI is InChI=1S/C14H10N4O9S3/c19-28(20,21)6-1-2-8-9(3-6)16-13(15-8)14-17-10-4-7(29(22,23)24)5-11(12(10)18-14)30(25,26)27/h1-5H,(H,15,16)(H,17,18)(H,19,20,21)(H,22,23,24)(H,25,26,27). The van der Waals surface area contributed by atoms with Crippen LogP contribution in [0.2, 0.25) is 0 Å². The van der Waals surface area contributed by atoms with Crippen molar-refractivity contribution in [2.45, 2.75) is 14.7 Å². The van der Waals surface area contributed by atoms with Gasteiger partial charge in [0.05, 0.1) is 26.3 Å². The van der Waals surface area contributed by atoms with E-state index >= 15 is 0 Å². The molecule has 2 aromatic carbocycles. The van der Waals surface area contributed by atoms with Crippen LogP contribution in [0.5, 0.6) is 0 Å². The van der Waals surface area contributed by atoms with Gasteiger partial charge in [0, 0.05) is 0 Å². The minimum Gasteiger partial charge on any atom is -0.335 e. The summed E-state index contributed by atoms with van der Waals surface area (Å²) in [6.45, 7) is 0. The first-order valence-electron chi connectivity index (χ1n) is 7.70. The first kappa shape index (κ1) is 20.4. The summed E-state index contributed by atoms with van der Waals surface area (Å²) >= 11 is 0. The van der Waals surface area contributed by atoms with Crippen LogP contribution in [0.1, 0.15) is 0 Å². The Morgan fingerprint density at radius 2 is 1.23 bits per heavy atom. The molecule has 0 amide bonds. The van der Waals surface area contributed by atoms with Crippen LogP contribution in [-0.4, -0.2) is 58.8 Å². The highest BCUT2D eigenvalue weighted by atomic mass is 32.2. The molecule has 0 saturated heterocycles. The topological polar surface area (TPSA) is 220 Å². The fraction of sp³-hybridized carbons (Fsp3) is 0. The van der Waals surface area contributed by atoms with E-state index in [0.717, 1.165) is 18.2 Å². The Kier molecular flexibility index (Phi) is 4.28. The molecule has 2 aromatic heterocycles. The van der Waals surface area contributed by atoms with E-state index in [1.54, 1.807) is 0 Å².